The van der Waals surface area contributed by atoms with Crippen LogP contribution < -0.4 is 4.90 Å². The summed E-state index contributed by atoms with van der Waals surface area (Å²) < 4.78 is 76.2. The highest BCUT2D eigenvalue weighted by Crippen LogP contribution is 2.37. The molecule has 0 radical (unpaired) electrons. The number of hydrogen-bond donors (Lipinski definition) is 0. The average Bonchev–Trinajstić information content (AvgIpc) is 3.15. The van der Waals surface area contributed by atoms with Crippen molar-refractivity contribution in [3.05, 3.63) is 40.6 Å². The SMILES string of the molecule is CC(c1nccs1)N1CCN(c2ccc(F)cc2S(=O)(=O)C(F)(F)F)CC1. The fourth-order valence-electron chi connectivity index (χ4n) is 3.04. The Bertz CT molecular complexity index is 893. The molecule has 1 fully saturated rings. The summed E-state index contributed by atoms with van der Waals surface area (Å²) in [6.07, 6.45) is 1.71. The van der Waals surface area contributed by atoms with Gasteiger partial charge in [0.05, 0.1) is 11.7 Å². The Labute approximate surface area is 158 Å². The van der Waals surface area contributed by atoms with Gasteiger partial charge in [-0.15, -0.1) is 11.3 Å². The predicted molar refractivity (Wildman–Crippen MR) is 94.0 cm³/mol. The highest BCUT2D eigenvalue weighted by molar-refractivity contribution is 7.92. The summed E-state index contributed by atoms with van der Waals surface area (Å²) >= 11 is 1.52. The van der Waals surface area contributed by atoms with E-state index in [4.69, 9.17) is 0 Å². The molecule has 0 spiro atoms. The van der Waals surface area contributed by atoms with Gasteiger partial charge in [0.15, 0.2) is 0 Å². The normalized spacial score (nSPS) is 17.9. The van der Waals surface area contributed by atoms with Crippen LogP contribution in [0.1, 0.15) is 18.0 Å². The molecule has 3 rings (SSSR count). The van der Waals surface area contributed by atoms with Crippen LogP contribution in [0.25, 0.3) is 0 Å². The zero-order valence-electron chi connectivity index (χ0n) is 14.3. The first-order chi connectivity index (χ1) is 12.6. The van der Waals surface area contributed by atoms with Gasteiger partial charge in [0.25, 0.3) is 9.84 Å². The van der Waals surface area contributed by atoms with Gasteiger partial charge >= 0.3 is 5.51 Å². The van der Waals surface area contributed by atoms with E-state index < -0.39 is 26.1 Å². The van der Waals surface area contributed by atoms with Crippen LogP contribution in [0.2, 0.25) is 0 Å². The van der Waals surface area contributed by atoms with Crippen LogP contribution in [-0.2, 0) is 9.84 Å². The zero-order valence-corrected chi connectivity index (χ0v) is 15.9. The number of anilines is 1. The van der Waals surface area contributed by atoms with Crippen LogP contribution >= 0.6 is 11.3 Å². The van der Waals surface area contributed by atoms with Crippen LogP contribution in [0, 0.1) is 5.82 Å². The maximum Gasteiger partial charge on any atom is 0.501 e. The van der Waals surface area contributed by atoms with Crippen molar-refractivity contribution in [2.45, 2.75) is 23.4 Å². The third kappa shape index (κ3) is 3.94. The van der Waals surface area contributed by atoms with Crippen molar-refractivity contribution in [2.24, 2.45) is 0 Å². The highest BCUT2D eigenvalue weighted by Gasteiger charge is 2.48. The van der Waals surface area contributed by atoms with Gasteiger partial charge in [-0.2, -0.15) is 13.2 Å². The molecule has 27 heavy (non-hydrogen) atoms. The van der Waals surface area contributed by atoms with Crippen LogP contribution in [-0.4, -0.2) is 50.0 Å². The number of piperazine rings is 1. The van der Waals surface area contributed by atoms with Gasteiger partial charge in [-0.25, -0.2) is 17.8 Å². The lowest BCUT2D eigenvalue weighted by atomic mass is 10.2. The molecule has 2 aromatic rings. The molecule has 0 bridgehead atoms. The van der Waals surface area contributed by atoms with E-state index in [1.165, 1.54) is 11.3 Å². The Morgan fingerprint density at radius 2 is 1.85 bits per heavy atom. The fraction of sp³-hybridized carbons (Fsp3) is 0.438. The lowest BCUT2D eigenvalue weighted by molar-refractivity contribution is -0.0435. The number of alkyl halides is 3. The third-order valence-electron chi connectivity index (χ3n) is 4.53. The van der Waals surface area contributed by atoms with Crippen molar-refractivity contribution in [3.63, 3.8) is 0 Å². The summed E-state index contributed by atoms with van der Waals surface area (Å²) in [5.41, 5.74) is -5.62. The van der Waals surface area contributed by atoms with Gasteiger partial charge < -0.3 is 4.90 Å². The Hall–Kier alpha value is -1.72. The fourth-order valence-corrected chi connectivity index (χ4v) is 4.75. The summed E-state index contributed by atoms with van der Waals surface area (Å²) in [5.74, 6) is -1.03. The minimum atomic E-state index is -5.65. The number of hydrogen-bond acceptors (Lipinski definition) is 6. The second-order valence-electron chi connectivity index (χ2n) is 6.13. The van der Waals surface area contributed by atoms with E-state index in [9.17, 15) is 26.0 Å². The topological polar surface area (TPSA) is 53.5 Å². The van der Waals surface area contributed by atoms with Gasteiger partial charge in [-0.3, -0.25) is 4.90 Å². The second kappa shape index (κ2) is 7.36. The average molecular weight is 423 g/mol. The molecular weight excluding hydrogens is 406 g/mol. The molecule has 1 aromatic carbocycles. The van der Waals surface area contributed by atoms with Gasteiger partial charge in [-0.05, 0) is 25.1 Å². The number of halogens is 4. The first kappa shape index (κ1) is 20.0. The van der Waals surface area contributed by atoms with Crippen molar-refractivity contribution in [2.75, 3.05) is 31.1 Å². The molecule has 148 valence electrons. The number of nitrogens with zero attached hydrogens (tertiary/aromatic N) is 3. The third-order valence-corrected chi connectivity index (χ3v) is 6.99. The van der Waals surface area contributed by atoms with Crippen molar-refractivity contribution in [1.82, 2.24) is 9.88 Å². The zero-order chi connectivity index (χ0) is 19.8. The lowest BCUT2D eigenvalue weighted by Gasteiger charge is -2.39. The van der Waals surface area contributed by atoms with E-state index in [0.29, 0.717) is 32.2 Å². The summed E-state index contributed by atoms with van der Waals surface area (Å²) in [6, 6.07) is 2.55. The molecule has 1 aliphatic heterocycles. The van der Waals surface area contributed by atoms with E-state index >= 15 is 0 Å². The van der Waals surface area contributed by atoms with Crippen LogP contribution in [0.3, 0.4) is 0 Å². The molecule has 0 amide bonds. The number of aromatic nitrogens is 1. The van der Waals surface area contributed by atoms with Gasteiger partial charge in [-0.1, -0.05) is 0 Å². The van der Waals surface area contributed by atoms with Crippen LogP contribution in [0.5, 0.6) is 0 Å². The van der Waals surface area contributed by atoms with Crippen molar-refractivity contribution in [1.29, 1.82) is 0 Å². The van der Waals surface area contributed by atoms with Crippen LogP contribution in [0.4, 0.5) is 23.2 Å². The molecule has 1 saturated heterocycles. The summed E-state index contributed by atoms with van der Waals surface area (Å²) in [7, 11) is -5.65. The molecular formula is C16H17F4N3O2S2. The van der Waals surface area contributed by atoms with Crippen molar-refractivity contribution < 1.29 is 26.0 Å². The monoisotopic (exact) mass is 423 g/mol. The molecule has 1 aliphatic rings. The molecule has 2 heterocycles. The quantitative estimate of drug-likeness (QED) is 0.705. The molecule has 1 aromatic heterocycles. The van der Waals surface area contributed by atoms with E-state index in [1.807, 2.05) is 12.3 Å². The number of rotatable bonds is 4. The van der Waals surface area contributed by atoms with Crippen molar-refractivity contribution >= 4 is 26.9 Å². The smallest absolute Gasteiger partial charge is 0.368 e. The molecule has 0 N–H and O–H groups in total. The minimum Gasteiger partial charge on any atom is -0.368 e. The van der Waals surface area contributed by atoms with E-state index in [2.05, 4.69) is 9.88 Å². The Balaban J connectivity index is 1.83. The van der Waals surface area contributed by atoms with E-state index in [1.54, 1.807) is 11.1 Å². The molecule has 0 aliphatic carbocycles. The highest BCUT2D eigenvalue weighted by atomic mass is 32.2. The number of sulfone groups is 1. The molecule has 5 nitrogen and oxygen atoms in total. The summed E-state index contributed by atoms with van der Waals surface area (Å²) in [4.78, 5) is 6.89. The summed E-state index contributed by atoms with van der Waals surface area (Å²) in [6.45, 7) is 3.67. The standard InChI is InChI=1S/C16H17F4N3O2S2/c1-11(15-21-4-9-26-15)22-5-7-23(8-6-22)13-3-2-12(17)10-14(13)27(24,25)16(18,19)20/h2-4,9-11H,5-8H2,1H3. The van der Waals surface area contributed by atoms with E-state index in [0.717, 1.165) is 17.1 Å². The first-order valence-corrected chi connectivity index (χ1v) is 10.5. The molecule has 1 atom stereocenters. The van der Waals surface area contributed by atoms with Gasteiger partial charge in [0.2, 0.25) is 0 Å². The molecule has 0 saturated carbocycles. The van der Waals surface area contributed by atoms with Gasteiger partial charge in [0, 0.05) is 37.8 Å². The van der Waals surface area contributed by atoms with Gasteiger partial charge in [0.1, 0.15) is 15.7 Å². The molecule has 11 heteroatoms. The first-order valence-electron chi connectivity index (χ1n) is 8.10. The van der Waals surface area contributed by atoms with E-state index in [-0.39, 0.29) is 11.7 Å². The largest absolute Gasteiger partial charge is 0.501 e. The summed E-state index contributed by atoms with van der Waals surface area (Å²) in [5, 5.41) is 2.81. The molecule has 1 unspecified atom stereocenters. The predicted octanol–water partition coefficient (Wildman–Crippen LogP) is 3.46. The van der Waals surface area contributed by atoms with Crippen LogP contribution in [0.15, 0.2) is 34.7 Å². The Morgan fingerprint density at radius 3 is 2.41 bits per heavy atom. The Morgan fingerprint density at radius 1 is 1.19 bits per heavy atom. The minimum absolute atomic E-state index is 0.0544. The Kier molecular flexibility index (Phi) is 5.46. The van der Waals surface area contributed by atoms with Crippen molar-refractivity contribution in [3.8, 4) is 0 Å². The lowest BCUT2D eigenvalue weighted by Crippen LogP contribution is -2.47. The maximum atomic E-state index is 13.5. The number of thiazole rings is 1. The number of benzene rings is 1. The maximum absolute atomic E-state index is 13.5. The second-order valence-corrected chi connectivity index (χ2v) is 8.97.